The average molecular weight is 373 g/mol. The summed E-state index contributed by atoms with van der Waals surface area (Å²) in [6, 6.07) is 6.71. The molecular formula is C18H17F2N5O2. The van der Waals surface area contributed by atoms with Crippen molar-refractivity contribution in [3.63, 3.8) is 0 Å². The fraction of sp³-hybridized carbons (Fsp3) is 0.333. The summed E-state index contributed by atoms with van der Waals surface area (Å²) in [5, 5.41) is 4.25. The predicted octanol–water partition coefficient (Wildman–Crippen LogP) is 2.94. The van der Waals surface area contributed by atoms with Crippen LogP contribution < -0.4 is 9.64 Å². The quantitative estimate of drug-likeness (QED) is 0.706. The van der Waals surface area contributed by atoms with Crippen LogP contribution >= 0.6 is 0 Å². The highest BCUT2D eigenvalue weighted by molar-refractivity contribution is 6.05. The molecule has 0 fully saturated rings. The third-order valence-electron chi connectivity index (χ3n) is 4.45. The number of nitrogens with zero attached hydrogens (tertiary/aromatic N) is 5. The summed E-state index contributed by atoms with van der Waals surface area (Å²) >= 11 is 0. The van der Waals surface area contributed by atoms with Gasteiger partial charge in [0, 0.05) is 17.9 Å². The van der Waals surface area contributed by atoms with Crippen LogP contribution in [0.1, 0.15) is 34.0 Å². The summed E-state index contributed by atoms with van der Waals surface area (Å²) in [5.74, 6) is -0.200. The van der Waals surface area contributed by atoms with Crippen LogP contribution in [0.3, 0.4) is 0 Å². The molecule has 140 valence electrons. The van der Waals surface area contributed by atoms with E-state index in [1.807, 2.05) is 19.9 Å². The summed E-state index contributed by atoms with van der Waals surface area (Å²) in [6.45, 7) is 1.07. The van der Waals surface area contributed by atoms with Crippen LogP contribution in [0.5, 0.6) is 5.75 Å². The second kappa shape index (κ2) is 6.57. The van der Waals surface area contributed by atoms with Crippen LogP contribution in [0.4, 0.5) is 14.5 Å². The van der Waals surface area contributed by atoms with E-state index < -0.39 is 12.5 Å². The van der Waals surface area contributed by atoms with Crippen molar-refractivity contribution < 1.29 is 18.3 Å². The molecule has 0 atom stereocenters. The van der Waals surface area contributed by atoms with Gasteiger partial charge in [0.2, 0.25) is 5.82 Å². The van der Waals surface area contributed by atoms with Gasteiger partial charge in [-0.15, -0.1) is 5.10 Å². The minimum atomic E-state index is -2.97. The Morgan fingerprint density at radius 2 is 2.07 bits per heavy atom. The SMILES string of the molecule is Cc1cc(C)n2nc(C(=O)N3CCCc4cccc(OC(F)F)c43)nc2n1. The normalized spacial score (nSPS) is 13.9. The first-order valence-corrected chi connectivity index (χ1v) is 8.53. The van der Waals surface area contributed by atoms with E-state index in [9.17, 15) is 13.6 Å². The number of anilines is 1. The molecule has 3 aromatic rings. The van der Waals surface area contributed by atoms with Crippen LogP contribution in [0, 0.1) is 13.8 Å². The molecule has 1 aliphatic rings. The van der Waals surface area contributed by atoms with E-state index >= 15 is 0 Å². The highest BCUT2D eigenvalue weighted by Gasteiger charge is 2.30. The Balaban J connectivity index is 1.77. The minimum Gasteiger partial charge on any atom is -0.433 e. The number of carbonyl (C=O) groups excluding carboxylic acids is 1. The van der Waals surface area contributed by atoms with Gasteiger partial charge >= 0.3 is 6.61 Å². The van der Waals surface area contributed by atoms with E-state index in [1.54, 1.807) is 12.1 Å². The Morgan fingerprint density at radius 3 is 2.85 bits per heavy atom. The number of fused-ring (bicyclic) bond motifs is 2. The first kappa shape index (κ1) is 17.3. The monoisotopic (exact) mass is 373 g/mol. The fourth-order valence-electron chi connectivity index (χ4n) is 3.39. The molecule has 0 bridgehead atoms. The van der Waals surface area contributed by atoms with Crippen molar-refractivity contribution in [1.29, 1.82) is 0 Å². The van der Waals surface area contributed by atoms with Crippen molar-refractivity contribution in [3.8, 4) is 5.75 Å². The van der Waals surface area contributed by atoms with E-state index in [-0.39, 0.29) is 11.6 Å². The van der Waals surface area contributed by atoms with Gasteiger partial charge in [-0.1, -0.05) is 12.1 Å². The number of amides is 1. The van der Waals surface area contributed by atoms with E-state index in [4.69, 9.17) is 0 Å². The molecule has 1 amide bonds. The fourth-order valence-corrected chi connectivity index (χ4v) is 3.39. The van der Waals surface area contributed by atoms with E-state index in [0.29, 0.717) is 30.9 Å². The number of carbonyl (C=O) groups is 1. The van der Waals surface area contributed by atoms with Gasteiger partial charge in [0.25, 0.3) is 11.7 Å². The number of halogens is 2. The second-order valence-electron chi connectivity index (χ2n) is 6.39. The third kappa shape index (κ3) is 3.09. The Labute approximate surface area is 153 Å². The van der Waals surface area contributed by atoms with Crippen LogP contribution in [0.25, 0.3) is 5.78 Å². The largest absolute Gasteiger partial charge is 0.433 e. The Morgan fingerprint density at radius 1 is 1.26 bits per heavy atom. The lowest BCUT2D eigenvalue weighted by Crippen LogP contribution is -2.36. The minimum absolute atomic E-state index is 0.0236. The van der Waals surface area contributed by atoms with Gasteiger partial charge < -0.3 is 9.64 Å². The number of benzene rings is 1. The molecule has 27 heavy (non-hydrogen) atoms. The number of alkyl halides is 2. The molecule has 0 spiro atoms. The van der Waals surface area contributed by atoms with Crippen molar-refractivity contribution in [2.45, 2.75) is 33.3 Å². The topological polar surface area (TPSA) is 72.6 Å². The Hall–Kier alpha value is -3.10. The van der Waals surface area contributed by atoms with Crippen LogP contribution in [-0.4, -0.2) is 38.6 Å². The standard InChI is InChI=1S/C18H17F2N5O2/c1-10-9-11(2)25-18(21-10)22-15(23-25)16(26)24-8-4-6-12-5-3-7-13(14(12)24)27-17(19)20/h3,5,7,9,17H,4,6,8H2,1-2H3. The van der Waals surface area contributed by atoms with Crippen molar-refractivity contribution in [2.24, 2.45) is 0 Å². The smallest absolute Gasteiger partial charge is 0.387 e. The molecule has 0 N–H and O–H groups in total. The number of ether oxygens (including phenoxy) is 1. The summed E-state index contributed by atoms with van der Waals surface area (Å²) in [6.07, 6.45) is 1.39. The van der Waals surface area contributed by atoms with Gasteiger partial charge in [0.05, 0.1) is 5.69 Å². The maximum Gasteiger partial charge on any atom is 0.387 e. The number of rotatable bonds is 3. The van der Waals surface area contributed by atoms with Crippen molar-refractivity contribution in [3.05, 3.63) is 47.0 Å². The molecule has 4 rings (SSSR count). The average Bonchev–Trinajstić information content (AvgIpc) is 3.04. The molecule has 0 aliphatic carbocycles. The van der Waals surface area contributed by atoms with Crippen molar-refractivity contribution >= 4 is 17.4 Å². The zero-order valence-corrected chi connectivity index (χ0v) is 14.8. The van der Waals surface area contributed by atoms with Gasteiger partial charge in [0.15, 0.2) is 0 Å². The van der Waals surface area contributed by atoms with E-state index in [2.05, 4.69) is 19.8 Å². The molecule has 0 radical (unpaired) electrons. The van der Waals surface area contributed by atoms with Crippen molar-refractivity contribution in [1.82, 2.24) is 19.6 Å². The molecule has 0 saturated heterocycles. The highest BCUT2D eigenvalue weighted by atomic mass is 19.3. The number of aryl methyl sites for hydroxylation is 3. The van der Waals surface area contributed by atoms with Crippen LogP contribution in [0.2, 0.25) is 0 Å². The van der Waals surface area contributed by atoms with Gasteiger partial charge in [0.1, 0.15) is 5.75 Å². The predicted molar refractivity (Wildman–Crippen MR) is 93.3 cm³/mol. The molecule has 3 heterocycles. The number of aromatic nitrogens is 4. The van der Waals surface area contributed by atoms with Crippen molar-refractivity contribution in [2.75, 3.05) is 11.4 Å². The maximum absolute atomic E-state index is 13.1. The van der Waals surface area contributed by atoms with Gasteiger partial charge in [-0.3, -0.25) is 4.79 Å². The maximum atomic E-state index is 13.1. The van der Waals surface area contributed by atoms with E-state index in [1.165, 1.54) is 15.5 Å². The zero-order chi connectivity index (χ0) is 19.1. The molecule has 1 aliphatic heterocycles. The first-order valence-electron chi connectivity index (χ1n) is 8.53. The van der Waals surface area contributed by atoms with Crippen LogP contribution in [0.15, 0.2) is 24.3 Å². The highest BCUT2D eigenvalue weighted by Crippen LogP contribution is 2.37. The molecular weight excluding hydrogens is 356 g/mol. The van der Waals surface area contributed by atoms with Gasteiger partial charge in [-0.25, -0.2) is 9.50 Å². The molecule has 0 unspecified atom stereocenters. The summed E-state index contributed by atoms with van der Waals surface area (Å²) < 4.78 is 31.7. The van der Waals surface area contributed by atoms with E-state index in [0.717, 1.165) is 17.0 Å². The van der Waals surface area contributed by atoms with Gasteiger partial charge in [-0.2, -0.15) is 13.8 Å². The molecule has 9 heteroatoms. The zero-order valence-electron chi connectivity index (χ0n) is 14.8. The number of hydrogen-bond acceptors (Lipinski definition) is 5. The molecule has 0 saturated carbocycles. The van der Waals surface area contributed by atoms with Gasteiger partial charge in [-0.05, 0) is 44.4 Å². The summed E-state index contributed by atoms with van der Waals surface area (Å²) in [4.78, 5) is 23.0. The summed E-state index contributed by atoms with van der Waals surface area (Å²) in [5.41, 5.74) is 2.70. The Kier molecular flexibility index (Phi) is 4.21. The lowest BCUT2D eigenvalue weighted by atomic mass is 10.0. The summed E-state index contributed by atoms with van der Waals surface area (Å²) in [7, 11) is 0. The van der Waals surface area contributed by atoms with Crippen LogP contribution in [-0.2, 0) is 6.42 Å². The lowest BCUT2D eigenvalue weighted by Gasteiger charge is -2.30. The number of hydrogen-bond donors (Lipinski definition) is 0. The lowest BCUT2D eigenvalue weighted by molar-refractivity contribution is -0.0495. The molecule has 2 aromatic heterocycles. The molecule has 7 nitrogen and oxygen atoms in total. The Bertz CT molecular complexity index is 1030. The second-order valence-corrected chi connectivity index (χ2v) is 6.39. The third-order valence-corrected chi connectivity index (χ3v) is 4.45. The number of para-hydroxylation sites is 1. The molecule has 1 aromatic carbocycles. The first-order chi connectivity index (χ1) is 12.9.